The summed E-state index contributed by atoms with van der Waals surface area (Å²) in [6.07, 6.45) is 0.404. The second kappa shape index (κ2) is 4.77. The van der Waals surface area contributed by atoms with Crippen molar-refractivity contribution in [3.63, 3.8) is 0 Å². The van der Waals surface area contributed by atoms with Crippen LogP contribution in [0.4, 0.5) is 0 Å². The largest absolute Gasteiger partial charge is 0.294 e. The van der Waals surface area contributed by atoms with Crippen LogP contribution >= 0.6 is 0 Å². The predicted octanol–water partition coefficient (Wildman–Crippen LogP) is 2.77. The third-order valence-electron chi connectivity index (χ3n) is 3.35. The van der Waals surface area contributed by atoms with Crippen LogP contribution in [0.15, 0.2) is 24.3 Å². The first-order valence-corrected chi connectivity index (χ1v) is 6.08. The highest BCUT2D eigenvalue weighted by atomic mass is 16.1. The molecular formula is C15H18N2O. The molecule has 0 unspecified atom stereocenters. The number of carbonyl (C=O) groups excluding carboxylic acids is 1. The minimum absolute atomic E-state index is 0.152. The summed E-state index contributed by atoms with van der Waals surface area (Å²) in [5.74, 6) is 0.152. The van der Waals surface area contributed by atoms with Gasteiger partial charge in [0.2, 0.25) is 0 Å². The van der Waals surface area contributed by atoms with Crippen molar-refractivity contribution >= 4 is 5.78 Å². The highest BCUT2D eigenvalue weighted by Gasteiger charge is 2.13. The Morgan fingerprint density at radius 2 is 2.00 bits per heavy atom. The molecule has 3 nitrogen and oxygen atoms in total. The Bertz CT molecular complexity index is 597. The third-order valence-corrected chi connectivity index (χ3v) is 3.35. The Balaban J connectivity index is 2.27. The van der Waals surface area contributed by atoms with Crippen molar-refractivity contribution in [1.29, 1.82) is 0 Å². The molecule has 2 rings (SSSR count). The van der Waals surface area contributed by atoms with Crippen LogP contribution in [0.5, 0.6) is 0 Å². The number of rotatable bonds is 3. The number of benzene rings is 1. The summed E-state index contributed by atoms with van der Waals surface area (Å²) in [5, 5.41) is 4.26. The summed E-state index contributed by atoms with van der Waals surface area (Å²) in [4.78, 5) is 12.3. The van der Waals surface area contributed by atoms with Gasteiger partial charge in [-0.2, -0.15) is 5.10 Å². The highest BCUT2D eigenvalue weighted by molar-refractivity contribution is 5.98. The van der Waals surface area contributed by atoms with E-state index in [0.717, 1.165) is 28.1 Å². The molecule has 0 aliphatic carbocycles. The number of hydrogen-bond acceptors (Lipinski definition) is 2. The summed E-state index contributed by atoms with van der Waals surface area (Å²) in [6.45, 7) is 5.96. The van der Waals surface area contributed by atoms with E-state index >= 15 is 0 Å². The van der Waals surface area contributed by atoms with Gasteiger partial charge in [-0.3, -0.25) is 9.48 Å². The maximum absolute atomic E-state index is 12.3. The van der Waals surface area contributed by atoms with Gasteiger partial charge >= 0.3 is 0 Å². The smallest absolute Gasteiger partial charge is 0.169 e. The zero-order valence-electron chi connectivity index (χ0n) is 11.3. The number of aryl methyl sites for hydroxylation is 3. The lowest BCUT2D eigenvalue weighted by molar-refractivity contribution is 0.0990. The molecule has 0 spiro atoms. The zero-order valence-corrected chi connectivity index (χ0v) is 11.3. The number of carbonyl (C=O) groups is 1. The van der Waals surface area contributed by atoms with Crippen molar-refractivity contribution in [2.75, 3.05) is 0 Å². The van der Waals surface area contributed by atoms with E-state index in [1.807, 2.05) is 52.1 Å². The Morgan fingerprint density at radius 1 is 1.28 bits per heavy atom. The molecule has 0 saturated carbocycles. The molecule has 94 valence electrons. The van der Waals surface area contributed by atoms with Gasteiger partial charge in [0.25, 0.3) is 0 Å². The molecular weight excluding hydrogens is 224 g/mol. The van der Waals surface area contributed by atoms with Gasteiger partial charge in [0.05, 0.1) is 12.1 Å². The molecule has 0 aliphatic heterocycles. The van der Waals surface area contributed by atoms with E-state index in [-0.39, 0.29) is 5.78 Å². The molecule has 0 amide bonds. The van der Waals surface area contributed by atoms with Crippen molar-refractivity contribution in [2.45, 2.75) is 27.2 Å². The lowest BCUT2D eigenvalue weighted by Gasteiger charge is -2.07. The summed E-state index contributed by atoms with van der Waals surface area (Å²) in [6, 6.07) is 7.82. The van der Waals surface area contributed by atoms with Gasteiger partial charge in [0.15, 0.2) is 5.78 Å². The van der Waals surface area contributed by atoms with E-state index in [2.05, 4.69) is 5.10 Å². The van der Waals surface area contributed by atoms with Crippen molar-refractivity contribution < 1.29 is 4.79 Å². The van der Waals surface area contributed by atoms with Crippen LogP contribution in [0.25, 0.3) is 0 Å². The lowest BCUT2D eigenvalue weighted by atomic mass is 9.98. The van der Waals surface area contributed by atoms with E-state index in [0.29, 0.717) is 6.42 Å². The van der Waals surface area contributed by atoms with Gasteiger partial charge < -0.3 is 0 Å². The molecule has 0 radical (unpaired) electrons. The van der Waals surface area contributed by atoms with Crippen LogP contribution in [-0.2, 0) is 13.5 Å². The Kier molecular flexibility index (Phi) is 3.32. The molecule has 1 heterocycles. The molecule has 0 bridgehead atoms. The predicted molar refractivity (Wildman–Crippen MR) is 71.9 cm³/mol. The first-order chi connectivity index (χ1) is 8.49. The van der Waals surface area contributed by atoms with Gasteiger partial charge in [0.1, 0.15) is 0 Å². The first-order valence-electron chi connectivity index (χ1n) is 6.08. The van der Waals surface area contributed by atoms with Gasteiger partial charge in [-0.25, -0.2) is 0 Å². The zero-order chi connectivity index (χ0) is 13.3. The van der Waals surface area contributed by atoms with Crippen LogP contribution in [0, 0.1) is 20.8 Å². The molecule has 0 atom stereocenters. The maximum Gasteiger partial charge on any atom is 0.169 e. The fourth-order valence-electron chi connectivity index (χ4n) is 2.14. The molecule has 1 aromatic heterocycles. The Morgan fingerprint density at radius 3 is 2.61 bits per heavy atom. The van der Waals surface area contributed by atoms with Crippen molar-refractivity contribution in [3.05, 3.63) is 52.3 Å². The van der Waals surface area contributed by atoms with Crippen LogP contribution in [0.1, 0.15) is 32.9 Å². The molecule has 0 fully saturated rings. The fourth-order valence-corrected chi connectivity index (χ4v) is 2.14. The maximum atomic E-state index is 12.3. The summed E-state index contributed by atoms with van der Waals surface area (Å²) in [7, 11) is 1.87. The number of hydrogen-bond donors (Lipinski definition) is 0. The molecule has 2 aromatic rings. The molecule has 18 heavy (non-hydrogen) atoms. The Hall–Kier alpha value is -1.90. The number of ketones is 1. The third kappa shape index (κ3) is 2.35. The second-order valence-corrected chi connectivity index (χ2v) is 4.75. The number of aromatic nitrogens is 2. The highest BCUT2D eigenvalue weighted by Crippen LogP contribution is 2.15. The van der Waals surface area contributed by atoms with Gasteiger partial charge in [0, 0.05) is 18.3 Å². The van der Waals surface area contributed by atoms with Crippen LogP contribution in [-0.4, -0.2) is 15.6 Å². The standard InChI is InChI=1S/C15H18N2O/c1-10-6-5-7-14(12(10)3)15(18)9-13-8-11(2)16-17(13)4/h5-8H,9H2,1-4H3. The summed E-state index contributed by atoms with van der Waals surface area (Å²) in [5.41, 5.74) is 4.94. The van der Waals surface area contributed by atoms with Crippen LogP contribution in [0.3, 0.4) is 0 Å². The van der Waals surface area contributed by atoms with E-state index in [1.54, 1.807) is 4.68 Å². The quantitative estimate of drug-likeness (QED) is 0.776. The van der Waals surface area contributed by atoms with E-state index < -0.39 is 0 Å². The first kappa shape index (κ1) is 12.6. The van der Waals surface area contributed by atoms with Crippen molar-refractivity contribution in [3.8, 4) is 0 Å². The SMILES string of the molecule is Cc1cc(CC(=O)c2cccc(C)c2C)n(C)n1. The van der Waals surface area contributed by atoms with Gasteiger partial charge in [-0.05, 0) is 38.0 Å². The van der Waals surface area contributed by atoms with E-state index in [4.69, 9.17) is 0 Å². The second-order valence-electron chi connectivity index (χ2n) is 4.75. The van der Waals surface area contributed by atoms with Gasteiger partial charge in [-0.15, -0.1) is 0 Å². The summed E-state index contributed by atoms with van der Waals surface area (Å²) < 4.78 is 1.78. The van der Waals surface area contributed by atoms with E-state index in [1.165, 1.54) is 0 Å². The fraction of sp³-hybridized carbons (Fsp3) is 0.333. The molecule has 0 N–H and O–H groups in total. The summed E-state index contributed by atoms with van der Waals surface area (Å²) >= 11 is 0. The van der Waals surface area contributed by atoms with Crippen molar-refractivity contribution in [1.82, 2.24) is 9.78 Å². The van der Waals surface area contributed by atoms with Gasteiger partial charge in [-0.1, -0.05) is 18.2 Å². The number of nitrogens with zero attached hydrogens (tertiary/aromatic N) is 2. The van der Waals surface area contributed by atoms with Crippen LogP contribution in [0.2, 0.25) is 0 Å². The minimum atomic E-state index is 0.152. The lowest BCUT2D eigenvalue weighted by Crippen LogP contribution is -2.09. The molecule has 1 aromatic carbocycles. The Labute approximate surface area is 107 Å². The normalized spacial score (nSPS) is 10.7. The average molecular weight is 242 g/mol. The number of Topliss-reactive ketones (excluding diaryl/α,β-unsaturated/α-hetero) is 1. The topological polar surface area (TPSA) is 34.9 Å². The van der Waals surface area contributed by atoms with Crippen molar-refractivity contribution in [2.24, 2.45) is 7.05 Å². The minimum Gasteiger partial charge on any atom is -0.294 e. The van der Waals surface area contributed by atoms with Crippen LogP contribution < -0.4 is 0 Å². The monoisotopic (exact) mass is 242 g/mol. The van der Waals surface area contributed by atoms with E-state index in [9.17, 15) is 4.79 Å². The molecule has 3 heteroatoms. The molecule has 0 aliphatic rings. The average Bonchev–Trinajstić information content (AvgIpc) is 2.61. The molecule has 0 saturated heterocycles.